The Morgan fingerprint density at radius 2 is 1.85 bits per heavy atom. The summed E-state index contributed by atoms with van der Waals surface area (Å²) in [7, 11) is -3.04. The summed E-state index contributed by atoms with van der Waals surface area (Å²) in [5.74, 6) is 0.165. The SMILES string of the molecule is N=C1SC2CS(=O)(=O)CC2N1c1c(Cl)cccc1Cl.[Br-]. The molecular formula is C11H10BrCl2N2O2S2-. The maximum Gasteiger partial charge on any atom is 0.161 e. The van der Waals surface area contributed by atoms with E-state index in [0.717, 1.165) is 0 Å². The van der Waals surface area contributed by atoms with Crippen LogP contribution >= 0.6 is 35.0 Å². The van der Waals surface area contributed by atoms with E-state index in [1.807, 2.05) is 0 Å². The van der Waals surface area contributed by atoms with Crippen molar-refractivity contribution < 1.29 is 25.4 Å². The van der Waals surface area contributed by atoms with Crippen molar-refractivity contribution in [2.75, 3.05) is 16.4 Å². The van der Waals surface area contributed by atoms with Crippen molar-refractivity contribution in [3.63, 3.8) is 0 Å². The number of benzene rings is 1. The molecule has 1 aromatic carbocycles. The largest absolute Gasteiger partial charge is 1.00 e. The van der Waals surface area contributed by atoms with Crippen LogP contribution in [0.5, 0.6) is 0 Å². The molecule has 2 aliphatic heterocycles. The zero-order valence-electron chi connectivity index (χ0n) is 10.0. The van der Waals surface area contributed by atoms with Crippen molar-refractivity contribution in [3.05, 3.63) is 28.2 Å². The van der Waals surface area contributed by atoms with Crippen LogP contribution < -0.4 is 21.9 Å². The van der Waals surface area contributed by atoms with Gasteiger partial charge in [-0.1, -0.05) is 41.0 Å². The molecule has 4 nitrogen and oxygen atoms in total. The Morgan fingerprint density at radius 1 is 1.25 bits per heavy atom. The van der Waals surface area contributed by atoms with Crippen LogP contribution in [0.3, 0.4) is 0 Å². The van der Waals surface area contributed by atoms with Crippen molar-refractivity contribution in [1.29, 1.82) is 5.41 Å². The predicted molar refractivity (Wildman–Crippen MR) is 80.5 cm³/mol. The van der Waals surface area contributed by atoms with Crippen molar-refractivity contribution in [2.24, 2.45) is 0 Å². The van der Waals surface area contributed by atoms with E-state index in [-0.39, 0.29) is 39.8 Å². The average Bonchev–Trinajstić information content (AvgIpc) is 2.71. The quantitative estimate of drug-likeness (QED) is 0.679. The Balaban J connectivity index is 0.00000147. The molecule has 2 aliphatic rings. The summed E-state index contributed by atoms with van der Waals surface area (Å²) in [6.07, 6.45) is 0. The molecule has 2 atom stereocenters. The molecule has 2 unspecified atom stereocenters. The third-order valence-corrected chi connectivity index (χ3v) is 7.00. The zero-order valence-corrected chi connectivity index (χ0v) is 14.7. The number of amidine groups is 1. The summed E-state index contributed by atoms with van der Waals surface area (Å²) < 4.78 is 23.4. The molecule has 0 aromatic heterocycles. The van der Waals surface area contributed by atoms with E-state index in [9.17, 15) is 8.42 Å². The van der Waals surface area contributed by atoms with Crippen LogP contribution in [0.2, 0.25) is 10.0 Å². The molecule has 1 N–H and O–H groups in total. The molecule has 0 aliphatic carbocycles. The summed E-state index contributed by atoms with van der Waals surface area (Å²) in [5.41, 5.74) is 0.535. The van der Waals surface area contributed by atoms with Gasteiger partial charge in [-0.2, -0.15) is 0 Å². The number of para-hydroxylation sites is 1. The second kappa shape index (κ2) is 5.68. The van der Waals surface area contributed by atoms with Crippen molar-refractivity contribution in [1.82, 2.24) is 0 Å². The molecule has 20 heavy (non-hydrogen) atoms. The first-order valence-corrected chi connectivity index (χ1v) is 9.03. The number of rotatable bonds is 1. The fraction of sp³-hybridized carbons (Fsp3) is 0.364. The molecule has 0 spiro atoms. The Labute approximate surface area is 142 Å². The first-order chi connectivity index (χ1) is 8.89. The average molecular weight is 417 g/mol. The summed E-state index contributed by atoms with van der Waals surface area (Å²) in [6.45, 7) is 0. The molecule has 0 bridgehead atoms. The molecular weight excluding hydrogens is 407 g/mol. The van der Waals surface area contributed by atoms with Gasteiger partial charge in [0.2, 0.25) is 0 Å². The van der Waals surface area contributed by atoms with Crippen LogP contribution in [0, 0.1) is 5.41 Å². The molecule has 0 amide bonds. The van der Waals surface area contributed by atoms with Gasteiger partial charge >= 0.3 is 0 Å². The monoisotopic (exact) mass is 415 g/mol. The second-order valence-electron chi connectivity index (χ2n) is 4.55. The van der Waals surface area contributed by atoms with Crippen LogP contribution in [0.4, 0.5) is 5.69 Å². The van der Waals surface area contributed by atoms with Gasteiger partial charge in [0.1, 0.15) is 0 Å². The van der Waals surface area contributed by atoms with Gasteiger partial charge in [0.25, 0.3) is 0 Å². The number of anilines is 1. The molecule has 9 heteroatoms. The lowest BCUT2D eigenvalue weighted by molar-refractivity contribution is -0.00000615. The number of thioether (sulfide) groups is 1. The summed E-state index contributed by atoms with van der Waals surface area (Å²) in [4.78, 5) is 1.66. The number of fused-ring (bicyclic) bond motifs is 1. The number of halogens is 3. The summed E-state index contributed by atoms with van der Waals surface area (Å²) in [5, 5.41) is 9.11. The lowest BCUT2D eigenvalue weighted by Gasteiger charge is -2.25. The second-order valence-corrected chi connectivity index (χ2v) is 8.74. The molecule has 110 valence electrons. The Morgan fingerprint density at radius 3 is 2.45 bits per heavy atom. The predicted octanol–water partition coefficient (Wildman–Crippen LogP) is -0.349. The highest BCUT2D eigenvalue weighted by molar-refractivity contribution is 8.15. The van der Waals surface area contributed by atoms with Crippen molar-refractivity contribution in [2.45, 2.75) is 11.3 Å². The molecule has 0 saturated carbocycles. The molecule has 3 rings (SSSR count). The van der Waals surface area contributed by atoms with Gasteiger partial charge in [0.05, 0.1) is 33.3 Å². The Hall–Kier alpha value is 0.0500. The minimum atomic E-state index is -3.04. The van der Waals surface area contributed by atoms with Gasteiger partial charge in [-0.25, -0.2) is 8.42 Å². The van der Waals surface area contributed by atoms with Gasteiger partial charge < -0.3 is 21.9 Å². The highest BCUT2D eigenvalue weighted by Crippen LogP contribution is 2.44. The topological polar surface area (TPSA) is 61.2 Å². The highest BCUT2D eigenvalue weighted by Gasteiger charge is 2.49. The highest BCUT2D eigenvalue weighted by atomic mass is 79.9. The molecule has 1 aromatic rings. The maximum absolute atomic E-state index is 11.7. The van der Waals surface area contributed by atoms with Crippen LogP contribution in [0.1, 0.15) is 0 Å². The third-order valence-electron chi connectivity index (χ3n) is 3.26. The number of sulfone groups is 1. The van der Waals surface area contributed by atoms with E-state index < -0.39 is 9.84 Å². The number of hydrogen-bond donors (Lipinski definition) is 1. The van der Waals surface area contributed by atoms with E-state index in [0.29, 0.717) is 20.9 Å². The first-order valence-electron chi connectivity index (χ1n) is 5.58. The van der Waals surface area contributed by atoms with Crippen molar-refractivity contribution in [3.8, 4) is 0 Å². The van der Waals surface area contributed by atoms with Gasteiger partial charge in [-0.3, -0.25) is 5.41 Å². The Bertz CT molecular complexity index is 648. The molecule has 2 heterocycles. The van der Waals surface area contributed by atoms with Gasteiger partial charge in [-0.05, 0) is 12.1 Å². The maximum atomic E-state index is 11.7. The van der Waals surface area contributed by atoms with E-state index >= 15 is 0 Å². The van der Waals surface area contributed by atoms with Crippen molar-refractivity contribution >= 4 is 55.7 Å². The lowest BCUT2D eigenvalue weighted by Crippen LogP contribution is -3.00. The van der Waals surface area contributed by atoms with Gasteiger partial charge in [-0.15, -0.1) is 0 Å². The summed E-state index contributed by atoms with van der Waals surface area (Å²) in [6, 6.07) is 4.86. The van der Waals surface area contributed by atoms with Gasteiger partial charge in [0, 0.05) is 5.25 Å². The summed E-state index contributed by atoms with van der Waals surface area (Å²) >= 11 is 13.6. The molecule has 2 fully saturated rings. The smallest absolute Gasteiger partial charge is 0.161 e. The minimum Gasteiger partial charge on any atom is -1.00 e. The van der Waals surface area contributed by atoms with Crippen LogP contribution in [-0.4, -0.2) is 36.4 Å². The van der Waals surface area contributed by atoms with Gasteiger partial charge in [0.15, 0.2) is 15.0 Å². The standard InChI is InChI=1S/C11H10Cl2N2O2S2.BrH/c12-6-2-1-3-7(13)10(6)15-8-4-19(16,17)5-9(8)18-11(15)14;/h1-3,8-9,14H,4-5H2;1H/p-1. The van der Waals surface area contributed by atoms with Crippen LogP contribution in [0.15, 0.2) is 18.2 Å². The van der Waals surface area contributed by atoms with E-state index in [1.54, 1.807) is 23.1 Å². The minimum absolute atomic E-state index is 0. The number of nitrogens with one attached hydrogen (secondary N) is 1. The van der Waals surface area contributed by atoms with E-state index in [2.05, 4.69) is 0 Å². The zero-order chi connectivity index (χ0) is 13.8. The van der Waals surface area contributed by atoms with Crippen LogP contribution in [0.25, 0.3) is 0 Å². The van der Waals surface area contributed by atoms with E-state index in [4.69, 9.17) is 28.6 Å². The fourth-order valence-electron chi connectivity index (χ4n) is 2.49. The van der Waals surface area contributed by atoms with E-state index in [1.165, 1.54) is 11.8 Å². The third kappa shape index (κ3) is 2.70. The fourth-order valence-corrected chi connectivity index (χ4v) is 6.85. The Kier molecular flexibility index (Phi) is 4.67. The molecule has 0 radical (unpaired) electrons. The lowest BCUT2D eigenvalue weighted by atomic mass is 10.2. The number of nitrogens with zero attached hydrogens (tertiary/aromatic N) is 1. The number of hydrogen-bond acceptors (Lipinski definition) is 4. The first kappa shape index (κ1) is 16.4. The normalized spacial score (nSPS) is 27.3. The molecule has 2 saturated heterocycles. The van der Waals surface area contributed by atoms with Crippen LogP contribution in [-0.2, 0) is 9.84 Å².